The van der Waals surface area contributed by atoms with Gasteiger partial charge < -0.3 is 14.7 Å². The van der Waals surface area contributed by atoms with Crippen molar-refractivity contribution in [3.63, 3.8) is 0 Å². The Labute approximate surface area is 128 Å². The summed E-state index contributed by atoms with van der Waals surface area (Å²) in [6.45, 7) is 1.92. The summed E-state index contributed by atoms with van der Waals surface area (Å²) in [5, 5.41) is 9.58. The second-order valence-corrected chi connectivity index (χ2v) is 6.17. The van der Waals surface area contributed by atoms with Crippen molar-refractivity contribution >= 4 is 11.6 Å². The Bertz CT molecular complexity index is 493. The Balaban J connectivity index is 2.08. The lowest BCUT2D eigenvalue weighted by atomic mass is 9.80. The third kappa shape index (κ3) is 3.92. The fraction of sp³-hybridized carbons (Fsp3) is 0.600. The van der Waals surface area contributed by atoms with Gasteiger partial charge in [0.2, 0.25) is 0 Å². The van der Waals surface area contributed by atoms with Gasteiger partial charge in [-0.3, -0.25) is 0 Å². The van der Waals surface area contributed by atoms with Crippen molar-refractivity contribution in [1.29, 1.82) is 0 Å². The molecule has 0 bridgehead atoms. The summed E-state index contributed by atoms with van der Waals surface area (Å²) in [4.78, 5) is 1.82. The highest BCUT2D eigenvalue weighted by Crippen LogP contribution is 2.31. The average Bonchev–Trinajstić information content (AvgIpc) is 2.48. The fourth-order valence-electron chi connectivity index (χ4n) is 2.78. The number of benzene rings is 1. The number of nitrogens with zero attached hydrogens (tertiary/aromatic N) is 1. The van der Waals surface area contributed by atoms with E-state index in [0.717, 1.165) is 12.8 Å². The van der Waals surface area contributed by atoms with Gasteiger partial charge in [0.1, 0.15) is 11.6 Å². The number of aliphatic hydroxyl groups excluding tert-OH is 1. The molecule has 0 aliphatic carbocycles. The van der Waals surface area contributed by atoms with Crippen LogP contribution in [-0.2, 0) is 11.3 Å². The largest absolute Gasteiger partial charge is 0.396 e. The molecule has 0 amide bonds. The van der Waals surface area contributed by atoms with Gasteiger partial charge in [-0.05, 0) is 32.0 Å². The molecule has 1 N–H and O–H groups in total. The van der Waals surface area contributed by atoms with E-state index in [0.29, 0.717) is 19.8 Å². The minimum Gasteiger partial charge on any atom is -0.396 e. The molecule has 1 aliphatic rings. The van der Waals surface area contributed by atoms with Crippen molar-refractivity contribution < 1.29 is 18.6 Å². The van der Waals surface area contributed by atoms with Crippen molar-refractivity contribution in [3.8, 4) is 0 Å². The van der Waals surface area contributed by atoms with Crippen LogP contribution in [0.25, 0.3) is 0 Å². The number of halogens is 3. The fourth-order valence-corrected chi connectivity index (χ4v) is 2.96. The van der Waals surface area contributed by atoms with Crippen LogP contribution >= 0.6 is 11.6 Å². The smallest absolute Gasteiger partial charge is 0.149 e. The van der Waals surface area contributed by atoms with Gasteiger partial charge in [0.05, 0.1) is 11.6 Å². The molecule has 0 unspecified atom stereocenters. The maximum Gasteiger partial charge on any atom is 0.149 e. The lowest BCUT2D eigenvalue weighted by Crippen LogP contribution is -2.42. The molecule has 1 saturated heterocycles. The summed E-state index contributed by atoms with van der Waals surface area (Å²) in [6, 6.07) is 2.38. The molecule has 118 valence electrons. The van der Waals surface area contributed by atoms with Crippen molar-refractivity contribution in [2.45, 2.75) is 19.4 Å². The molecule has 1 aromatic carbocycles. The van der Waals surface area contributed by atoms with Gasteiger partial charge in [-0.1, -0.05) is 11.6 Å². The number of hydrogen-bond donors (Lipinski definition) is 1. The molecule has 1 fully saturated rings. The van der Waals surface area contributed by atoms with Gasteiger partial charge in [-0.2, -0.15) is 0 Å². The molecule has 1 aromatic rings. The van der Waals surface area contributed by atoms with Crippen molar-refractivity contribution in [3.05, 3.63) is 34.4 Å². The van der Waals surface area contributed by atoms with Crippen LogP contribution in [-0.4, -0.2) is 43.4 Å². The molecule has 2 rings (SSSR count). The Morgan fingerprint density at radius 1 is 1.33 bits per heavy atom. The molecule has 1 heterocycles. The first-order valence-corrected chi connectivity index (χ1v) is 7.35. The van der Waals surface area contributed by atoms with E-state index in [2.05, 4.69) is 0 Å². The van der Waals surface area contributed by atoms with Crippen LogP contribution in [0.4, 0.5) is 8.78 Å². The number of hydrogen-bond acceptors (Lipinski definition) is 3. The van der Waals surface area contributed by atoms with Crippen LogP contribution in [0.5, 0.6) is 0 Å². The molecule has 0 aromatic heterocycles. The predicted molar refractivity (Wildman–Crippen MR) is 77.3 cm³/mol. The van der Waals surface area contributed by atoms with Crippen LogP contribution < -0.4 is 0 Å². The Morgan fingerprint density at radius 3 is 2.62 bits per heavy atom. The van der Waals surface area contributed by atoms with E-state index in [1.54, 1.807) is 7.05 Å². The van der Waals surface area contributed by atoms with E-state index in [1.807, 2.05) is 4.90 Å². The zero-order valence-corrected chi connectivity index (χ0v) is 12.8. The van der Waals surface area contributed by atoms with Crippen LogP contribution in [0.1, 0.15) is 18.4 Å². The minimum absolute atomic E-state index is 0.0369. The third-order valence-corrected chi connectivity index (χ3v) is 4.35. The summed E-state index contributed by atoms with van der Waals surface area (Å²) < 4.78 is 33.0. The highest BCUT2D eigenvalue weighted by molar-refractivity contribution is 6.30. The van der Waals surface area contributed by atoms with Gasteiger partial charge in [0, 0.05) is 37.3 Å². The zero-order chi connectivity index (χ0) is 15.5. The Morgan fingerprint density at radius 2 is 2.00 bits per heavy atom. The van der Waals surface area contributed by atoms with Crippen LogP contribution in [0.15, 0.2) is 12.1 Å². The van der Waals surface area contributed by atoms with Crippen LogP contribution in [0.3, 0.4) is 0 Å². The molecule has 0 spiro atoms. The molecule has 1 aliphatic heterocycles. The first-order valence-electron chi connectivity index (χ1n) is 6.97. The summed E-state index contributed by atoms with van der Waals surface area (Å²) in [5.41, 5.74) is -0.302. The van der Waals surface area contributed by atoms with Crippen molar-refractivity contribution in [1.82, 2.24) is 4.90 Å². The van der Waals surface area contributed by atoms with Crippen LogP contribution in [0.2, 0.25) is 5.02 Å². The van der Waals surface area contributed by atoms with Gasteiger partial charge in [0.15, 0.2) is 0 Å². The number of aliphatic hydroxyl groups is 1. The van der Waals surface area contributed by atoms with E-state index in [4.69, 9.17) is 16.3 Å². The second-order valence-electron chi connectivity index (χ2n) is 5.76. The van der Waals surface area contributed by atoms with E-state index in [1.165, 1.54) is 12.1 Å². The normalized spacial score (nSPS) is 18.2. The van der Waals surface area contributed by atoms with Crippen molar-refractivity contribution in [2.75, 3.05) is 33.4 Å². The van der Waals surface area contributed by atoms with Gasteiger partial charge in [-0.25, -0.2) is 8.78 Å². The molecule has 3 nitrogen and oxygen atoms in total. The van der Waals surface area contributed by atoms with Gasteiger partial charge in [0.25, 0.3) is 0 Å². The number of ether oxygens (including phenoxy) is 1. The molecule has 0 saturated carbocycles. The minimum atomic E-state index is -0.714. The third-order valence-electron chi connectivity index (χ3n) is 4.06. The molecular weight excluding hydrogens is 300 g/mol. The molecule has 0 atom stereocenters. The first-order chi connectivity index (χ1) is 9.97. The predicted octanol–water partition coefficient (Wildman–Crippen LogP) is 2.84. The summed E-state index contributed by atoms with van der Waals surface area (Å²) in [6.07, 6.45) is 1.49. The first kappa shape index (κ1) is 16.6. The monoisotopic (exact) mass is 319 g/mol. The van der Waals surface area contributed by atoms with Gasteiger partial charge >= 0.3 is 0 Å². The zero-order valence-electron chi connectivity index (χ0n) is 12.0. The molecule has 6 heteroatoms. The maximum atomic E-state index is 13.9. The Hall–Kier alpha value is -0.750. The second kappa shape index (κ2) is 7.01. The highest BCUT2D eigenvalue weighted by atomic mass is 35.5. The lowest BCUT2D eigenvalue weighted by molar-refractivity contribution is -0.0320. The lowest BCUT2D eigenvalue weighted by Gasteiger charge is -2.38. The topological polar surface area (TPSA) is 32.7 Å². The summed E-state index contributed by atoms with van der Waals surface area (Å²) >= 11 is 5.70. The summed E-state index contributed by atoms with van der Waals surface area (Å²) in [5.74, 6) is -1.32. The van der Waals surface area contributed by atoms with E-state index in [9.17, 15) is 13.9 Å². The molecule has 21 heavy (non-hydrogen) atoms. The van der Waals surface area contributed by atoms with Gasteiger partial charge in [-0.15, -0.1) is 0 Å². The quantitative estimate of drug-likeness (QED) is 0.847. The highest BCUT2D eigenvalue weighted by Gasteiger charge is 2.33. The van der Waals surface area contributed by atoms with Crippen molar-refractivity contribution in [2.24, 2.45) is 5.41 Å². The SMILES string of the molecule is CN(Cc1c(F)ccc(Cl)c1F)CC1(CO)CCOCC1. The van der Waals surface area contributed by atoms with E-state index in [-0.39, 0.29) is 29.2 Å². The maximum absolute atomic E-state index is 13.9. The molecule has 0 radical (unpaired) electrons. The average molecular weight is 320 g/mol. The van der Waals surface area contributed by atoms with Crippen LogP contribution in [0, 0.1) is 17.0 Å². The van der Waals surface area contributed by atoms with E-state index < -0.39 is 11.6 Å². The molecular formula is C15H20ClF2NO2. The number of rotatable bonds is 5. The van der Waals surface area contributed by atoms with E-state index >= 15 is 0 Å². The standard InChI is InChI=1S/C15H20ClF2NO2/c1-19(9-15(10-20)4-6-21-7-5-15)8-11-13(17)3-2-12(16)14(11)18/h2-3,20H,4-10H2,1H3. The summed E-state index contributed by atoms with van der Waals surface area (Å²) in [7, 11) is 1.78. The Kier molecular flexibility index (Phi) is 5.54.